The second kappa shape index (κ2) is 11.6. The number of carbonyl (C=O) groups is 2. The maximum Gasteiger partial charge on any atom is 0.262 e. The fraction of sp³-hybridized carbons (Fsp3) is 0.103. The molecule has 0 aliphatic carbocycles. The van der Waals surface area contributed by atoms with E-state index in [1.54, 1.807) is 61.7 Å². The number of aryl methyl sites for hydroxylation is 1. The molecule has 0 fully saturated rings. The third-order valence-corrected chi connectivity index (χ3v) is 5.21. The zero-order chi connectivity index (χ0) is 25.3. The fourth-order valence-electron chi connectivity index (χ4n) is 3.39. The summed E-state index contributed by atoms with van der Waals surface area (Å²) in [5.41, 5.74) is 2.68. The van der Waals surface area contributed by atoms with Crippen molar-refractivity contribution in [3.05, 3.63) is 108 Å². The SMILES string of the molecule is COc1ccc(C)cc1NC(=O)c1ccc(OCC(=O)Nc2ccc(Oc3ccccc3)cc2)cc1. The van der Waals surface area contributed by atoms with Gasteiger partial charge in [-0.2, -0.15) is 0 Å². The van der Waals surface area contributed by atoms with Crippen molar-refractivity contribution in [1.82, 2.24) is 0 Å². The van der Waals surface area contributed by atoms with Gasteiger partial charge >= 0.3 is 0 Å². The summed E-state index contributed by atoms with van der Waals surface area (Å²) in [6.07, 6.45) is 0. The van der Waals surface area contributed by atoms with E-state index in [1.807, 2.05) is 49.4 Å². The second-order valence-corrected chi connectivity index (χ2v) is 7.96. The number of rotatable bonds is 9. The molecule has 0 bridgehead atoms. The average Bonchev–Trinajstić information content (AvgIpc) is 2.90. The van der Waals surface area contributed by atoms with Crippen LogP contribution in [0.1, 0.15) is 15.9 Å². The monoisotopic (exact) mass is 482 g/mol. The molecule has 4 rings (SSSR count). The highest BCUT2D eigenvalue weighted by molar-refractivity contribution is 6.05. The third-order valence-electron chi connectivity index (χ3n) is 5.21. The first kappa shape index (κ1) is 24.3. The highest BCUT2D eigenvalue weighted by Gasteiger charge is 2.11. The Morgan fingerprint density at radius 1 is 0.750 bits per heavy atom. The zero-order valence-corrected chi connectivity index (χ0v) is 20.0. The zero-order valence-electron chi connectivity index (χ0n) is 20.0. The standard InChI is InChI=1S/C29H26N2O5/c1-20-8-17-27(34-2)26(18-20)31-29(33)21-9-13-23(14-10-21)35-19-28(32)30-22-11-15-25(16-12-22)36-24-6-4-3-5-7-24/h3-18H,19H2,1-2H3,(H,30,32)(H,31,33). The lowest BCUT2D eigenvalue weighted by Gasteiger charge is -2.12. The van der Waals surface area contributed by atoms with E-state index in [0.29, 0.717) is 34.2 Å². The van der Waals surface area contributed by atoms with Crippen LogP contribution >= 0.6 is 0 Å². The maximum absolute atomic E-state index is 12.6. The van der Waals surface area contributed by atoms with Crippen LogP contribution in [0.2, 0.25) is 0 Å². The number of ether oxygens (including phenoxy) is 3. The Bertz CT molecular complexity index is 1320. The summed E-state index contributed by atoms with van der Waals surface area (Å²) in [7, 11) is 1.55. The van der Waals surface area contributed by atoms with Crippen LogP contribution in [-0.2, 0) is 4.79 Å². The van der Waals surface area contributed by atoms with Gasteiger partial charge in [0.15, 0.2) is 6.61 Å². The van der Waals surface area contributed by atoms with Gasteiger partial charge in [-0.3, -0.25) is 9.59 Å². The average molecular weight is 483 g/mol. The molecule has 0 aromatic heterocycles. The molecule has 0 saturated heterocycles. The van der Waals surface area contributed by atoms with Gasteiger partial charge in [0.05, 0.1) is 12.8 Å². The molecule has 0 saturated carbocycles. The summed E-state index contributed by atoms with van der Waals surface area (Å²) in [6.45, 7) is 1.77. The van der Waals surface area contributed by atoms with E-state index in [1.165, 1.54) is 0 Å². The van der Waals surface area contributed by atoms with Crippen molar-refractivity contribution in [2.45, 2.75) is 6.92 Å². The molecule has 7 heteroatoms. The fourth-order valence-corrected chi connectivity index (χ4v) is 3.39. The smallest absolute Gasteiger partial charge is 0.262 e. The van der Waals surface area contributed by atoms with Gasteiger partial charge in [-0.15, -0.1) is 0 Å². The minimum atomic E-state index is -0.305. The van der Waals surface area contributed by atoms with Crippen LogP contribution in [0, 0.1) is 6.92 Å². The number of para-hydroxylation sites is 1. The van der Waals surface area contributed by atoms with Crippen LogP contribution in [0.5, 0.6) is 23.0 Å². The van der Waals surface area contributed by atoms with E-state index in [4.69, 9.17) is 14.2 Å². The minimum absolute atomic E-state index is 0.172. The molecule has 0 aliphatic rings. The summed E-state index contributed by atoms with van der Waals surface area (Å²) in [5, 5.41) is 5.64. The Morgan fingerprint density at radius 2 is 1.42 bits per heavy atom. The lowest BCUT2D eigenvalue weighted by Crippen LogP contribution is -2.20. The Balaban J connectivity index is 1.26. The molecule has 0 radical (unpaired) electrons. The summed E-state index contributed by atoms with van der Waals surface area (Å²) in [5.74, 6) is 1.88. The van der Waals surface area contributed by atoms with Gasteiger partial charge in [-0.05, 0) is 85.3 Å². The molecular weight excluding hydrogens is 456 g/mol. The van der Waals surface area contributed by atoms with E-state index in [2.05, 4.69) is 10.6 Å². The van der Waals surface area contributed by atoms with E-state index in [-0.39, 0.29) is 18.4 Å². The second-order valence-electron chi connectivity index (χ2n) is 7.96. The van der Waals surface area contributed by atoms with Crippen LogP contribution in [0.25, 0.3) is 0 Å². The molecule has 7 nitrogen and oxygen atoms in total. The first-order valence-corrected chi connectivity index (χ1v) is 11.3. The van der Waals surface area contributed by atoms with Gasteiger partial charge in [0.2, 0.25) is 0 Å². The van der Waals surface area contributed by atoms with Crippen LogP contribution in [0.15, 0.2) is 97.1 Å². The van der Waals surface area contributed by atoms with E-state index >= 15 is 0 Å². The first-order valence-electron chi connectivity index (χ1n) is 11.3. The first-order chi connectivity index (χ1) is 17.5. The van der Waals surface area contributed by atoms with Crippen molar-refractivity contribution in [2.24, 2.45) is 0 Å². The minimum Gasteiger partial charge on any atom is -0.495 e. The molecule has 182 valence electrons. The normalized spacial score (nSPS) is 10.3. The van der Waals surface area contributed by atoms with Crippen LogP contribution < -0.4 is 24.8 Å². The van der Waals surface area contributed by atoms with E-state index < -0.39 is 0 Å². The van der Waals surface area contributed by atoms with Gasteiger partial charge in [0, 0.05) is 11.3 Å². The summed E-state index contributed by atoms with van der Waals surface area (Å²) >= 11 is 0. The van der Waals surface area contributed by atoms with Gasteiger partial charge in [0.25, 0.3) is 11.8 Å². The predicted molar refractivity (Wildman–Crippen MR) is 139 cm³/mol. The van der Waals surface area contributed by atoms with Crippen LogP contribution in [0.4, 0.5) is 11.4 Å². The molecular formula is C29H26N2O5. The number of anilines is 2. The Hall–Kier alpha value is -4.78. The quantitative estimate of drug-likeness (QED) is 0.303. The third kappa shape index (κ3) is 6.64. The molecule has 4 aromatic rings. The lowest BCUT2D eigenvalue weighted by molar-refractivity contribution is -0.118. The van der Waals surface area contributed by atoms with Crippen molar-refractivity contribution in [2.75, 3.05) is 24.4 Å². The summed E-state index contributed by atoms with van der Waals surface area (Å²) in [4.78, 5) is 24.9. The number of amides is 2. The van der Waals surface area contributed by atoms with Crippen molar-refractivity contribution >= 4 is 23.2 Å². The molecule has 4 aromatic carbocycles. The topological polar surface area (TPSA) is 85.9 Å². The number of hydrogen-bond acceptors (Lipinski definition) is 5. The molecule has 0 unspecified atom stereocenters. The molecule has 2 amide bonds. The molecule has 0 aliphatic heterocycles. The van der Waals surface area contributed by atoms with Gasteiger partial charge < -0.3 is 24.8 Å². The van der Waals surface area contributed by atoms with E-state index in [0.717, 1.165) is 11.3 Å². The lowest BCUT2D eigenvalue weighted by atomic mass is 10.1. The number of benzene rings is 4. The van der Waals surface area contributed by atoms with Crippen molar-refractivity contribution in [3.8, 4) is 23.0 Å². The van der Waals surface area contributed by atoms with Gasteiger partial charge in [0.1, 0.15) is 23.0 Å². The number of hydrogen-bond donors (Lipinski definition) is 2. The number of nitrogens with one attached hydrogen (secondary N) is 2. The highest BCUT2D eigenvalue weighted by atomic mass is 16.5. The van der Waals surface area contributed by atoms with Gasteiger partial charge in [-0.25, -0.2) is 0 Å². The molecule has 0 spiro atoms. The van der Waals surface area contributed by atoms with Crippen molar-refractivity contribution in [3.63, 3.8) is 0 Å². The molecule has 0 atom stereocenters. The predicted octanol–water partition coefficient (Wildman–Crippen LogP) is 6.07. The van der Waals surface area contributed by atoms with E-state index in [9.17, 15) is 9.59 Å². The Morgan fingerprint density at radius 3 is 2.11 bits per heavy atom. The number of methoxy groups -OCH3 is 1. The molecule has 2 N–H and O–H groups in total. The van der Waals surface area contributed by atoms with Crippen LogP contribution in [0.3, 0.4) is 0 Å². The summed E-state index contributed by atoms with van der Waals surface area (Å²) in [6, 6.07) is 28.6. The number of carbonyl (C=O) groups excluding carboxylic acids is 2. The summed E-state index contributed by atoms with van der Waals surface area (Å²) < 4.78 is 16.6. The Labute approximate surface area is 209 Å². The highest BCUT2D eigenvalue weighted by Crippen LogP contribution is 2.26. The maximum atomic E-state index is 12.6. The van der Waals surface area contributed by atoms with Crippen molar-refractivity contribution < 1.29 is 23.8 Å². The molecule has 0 heterocycles. The van der Waals surface area contributed by atoms with Crippen LogP contribution in [-0.4, -0.2) is 25.5 Å². The largest absolute Gasteiger partial charge is 0.495 e. The Kier molecular flexibility index (Phi) is 7.83. The van der Waals surface area contributed by atoms with Crippen molar-refractivity contribution in [1.29, 1.82) is 0 Å². The van der Waals surface area contributed by atoms with Gasteiger partial charge in [-0.1, -0.05) is 24.3 Å². The molecule has 36 heavy (non-hydrogen) atoms.